The van der Waals surface area contributed by atoms with Gasteiger partial charge in [0.05, 0.1) is 18.5 Å². The van der Waals surface area contributed by atoms with Crippen molar-refractivity contribution < 1.29 is 4.74 Å². The summed E-state index contributed by atoms with van der Waals surface area (Å²) in [4.78, 5) is 2.53. The summed E-state index contributed by atoms with van der Waals surface area (Å²) >= 11 is 1.77. The van der Waals surface area contributed by atoms with E-state index in [9.17, 15) is 0 Å². The van der Waals surface area contributed by atoms with E-state index in [0.717, 1.165) is 38.8 Å². The molecule has 3 heterocycles. The van der Waals surface area contributed by atoms with E-state index in [2.05, 4.69) is 33.9 Å². The topological polar surface area (TPSA) is 30.3 Å². The van der Waals surface area contributed by atoms with Crippen molar-refractivity contribution in [1.29, 1.82) is 0 Å². The van der Waals surface area contributed by atoms with Crippen LogP contribution in [0.1, 0.15) is 35.6 Å². The van der Waals surface area contributed by atoms with Gasteiger partial charge in [0, 0.05) is 44.8 Å². The van der Waals surface area contributed by atoms with Crippen LogP contribution in [-0.2, 0) is 24.9 Å². The summed E-state index contributed by atoms with van der Waals surface area (Å²) < 4.78 is 8.02. The predicted molar refractivity (Wildman–Crippen MR) is 87.9 cm³/mol. The van der Waals surface area contributed by atoms with Crippen LogP contribution in [-0.4, -0.2) is 34.4 Å². The molecule has 1 fully saturated rings. The minimum Gasteiger partial charge on any atom is -0.380 e. The van der Waals surface area contributed by atoms with Crippen molar-refractivity contribution in [3.63, 3.8) is 0 Å². The zero-order valence-corrected chi connectivity index (χ0v) is 13.9. The van der Waals surface area contributed by atoms with Crippen LogP contribution in [0.5, 0.6) is 0 Å². The Morgan fingerprint density at radius 2 is 2.27 bits per heavy atom. The standard InChI is InChI=1S/C17H23N3OS/c1-19-17-9-20(7-14-4-5-22-12-14)8-15(16(17)6-18-19)11-21-10-13-2-3-13/h4-6,12-13,15H,2-3,7-11H2,1H3/t15-/m0/s1. The Labute approximate surface area is 135 Å². The Bertz CT molecular complexity index is 618. The van der Waals surface area contributed by atoms with Crippen LogP contribution >= 0.6 is 11.3 Å². The maximum Gasteiger partial charge on any atom is 0.0557 e. The average Bonchev–Trinajstić information content (AvgIpc) is 3.05. The molecule has 1 aliphatic heterocycles. The first kappa shape index (κ1) is 14.4. The third-order valence-electron chi connectivity index (χ3n) is 4.74. The van der Waals surface area contributed by atoms with Gasteiger partial charge in [0.2, 0.25) is 0 Å². The number of nitrogens with zero attached hydrogens (tertiary/aromatic N) is 3. The highest BCUT2D eigenvalue weighted by Crippen LogP contribution is 2.32. The number of fused-ring (bicyclic) bond motifs is 1. The maximum absolute atomic E-state index is 5.99. The van der Waals surface area contributed by atoms with Crippen LogP contribution in [0.3, 0.4) is 0 Å². The molecule has 4 rings (SSSR count). The second kappa shape index (κ2) is 6.14. The van der Waals surface area contributed by atoms with E-state index in [1.54, 1.807) is 11.3 Å². The van der Waals surface area contributed by atoms with Crippen molar-refractivity contribution in [3.8, 4) is 0 Å². The maximum atomic E-state index is 5.99. The number of hydrogen-bond donors (Lipinski definition) is 0. The van der Waals surface area contributed by atoms with Gasteiger partial charge in [0.15, 0.2) is 0 Å². The minimum atomic E-state index is 0.454. The molecule has 0 spiro atoms. The number of rotatable bonds is 6. The molecule has 0 aromatic carbocycles. The van der Waals surface area contributed by atoms with Gasteiger partial charge in [-0.15, -0.1) is 0 Å². The highest BCUT2D eigenvalue weighted by atomic mass is 32.1. The summed E-state index contributed by atoms with van der Waals surface area (Å²) in [5.41, 5.74) is 4.15. The van der Waals surface area contributed by atoms with Gasteiger partial charge in [-0.05, 0) is 41.1 Å². The van der Waals surface area contributed by atoms with Crippen LogP contribution in [0, 0.1) is 5.92 Å². The third kappa shape index (κ3) is 3.12. The molecule has 1 atom stereocenters. The quantitative estimate of drug-likeness (QED) is 0.820. The van der Waals surface area contributed by atoms with Crippen molar-refractivity contribution >= 4 is 11.3 Å². The number of hydrogen-bond acceptors (Lipinski definition) is 4. The fourth-order valence-corrected chi connectivity index (χ4v) is 3.93. The van der Waals surface area contributed by atoms with E-state index >= 15 is 0 Å². The molecule has 0 amide bonds. The van der Waals surface area contributed by atoms with Gasteiger partial charge in [-0.25, -0.2) is 0 Å². The van der Waals surface area contributed by atoms with Crippen LogP contribution in [0.15, 0.2) is 23.0 Å². The van der Waals surface area contributed by atoms with Crippen molar-refractivity contribution in [2.24, 2.45) is 13.0 Å². The van der Waals surface area contributed by atoms with E-state index in [4.69, 9.17) is 4.74 Å². The first-order valence-electron chi connectivity index (χ1n) is 8.11. The van der Waals surface area contributed by atoms with E-state index in [1.165, 1.54) is 29.7 Å². The molecule has 1 aliphatic carbocycles. The molecule has 2 aromatic heterocycles. The second-order valence-corrected chi connectivity index (χ2v) is 7.43. The highest BCUT2D eigenvalue weighted by Gasteiger charge is 2.29. The smallest absolute Gasteiger partial charge is 0.0557 e. The molecule has 1 saturated carbocycles. The molecule has 0 unspecified atom stereocenters. The van der Waals surface area contributed by atoms with E-state index < -0.39 is 0 Å². The first-order chi connectivity index (χ1) is 10.8. The Balaban J connectivity index is 1.46. The van der Waals surface area contributed by atoms with E-state index in [0.29, 0.717) is 5.92 Å². The van der Waals surface area contributed by atoms with Gasteiger partial charge in [-0.1, -0.05) is 0 Å². The zero-order valence-electron chi connectivity index (χ0n) is 13.1. The third-order valence-corrected chi connectivity index (χ3v) is 5.47. The van der Waals surface area contributed by atoms with Crippen LogP contribution < -0.4 is 0 Å². The monoisotopic (exact) mass is 317 g/mol. The Morgan fingerprint density at radius 1 is 1.36 bits per heavy atom. The summed E-state index contributed by atoms with van der Waals surface area (Å²) in [5, 5.41) is 8.88. The van der Waals surface area contributed by atoms with E-state index in [1.807, 2.05) is 10.9 Å². The van der Waals surface area contributed by atoms with E-state index in [-0.39, 0.29) is 0 Å². The molecule has 22 heavy (non-hydrogen) atoms. The van der Waals surface area contributed by atoms with Crippen molar-refractivity contribution in [3.05, 3.63) is 39.8 Å². The molecule has 4 nitrogen and oxygen atoms in total. The fraction of sp³-hybridized carbons (Fsp3) is 0.588. The lowest BCUT2D eigenvalue weighted by atomic mass is 9.95. The van der Waals surface area contributed by atoms with Gasteiger partial charge < -0.3 is 4.74 Å². The van der Waals surface area contributed by atoms with Crippen LogP contribution in [0.2, 0.25) is 0 Å². The molecule has 0 saturated heterocycles. The molecule has 0 bridgehead atoms. The van der Waals surface area contributed by atoms with Crippen molar-refractivity contribution in [2.75, 3.05) is 19.8 Å². The van der Waals surface area contributed by atoms with Crippen molar-refractivity contribution in [1.82, 2.24) is 14.7 Å². The second-order valence-electron chi connectivity index (χ2n) is 6.65. The molecule has 118 valence electrons. The van der Waals surface area contributed by atoms with Gasteiger partial charge in [0.25, 0.3) is 0 Å². The van der Waals surface area contributed by atoms with Gasteiger partial charge >= 0.3 is 0 Å². The number of thiophene rings is 1. The summed E-state index contributed by atoms with van der Waals surface area (Å²) in [6.07, 6.45) is 4.75. The molecule has 2 aliphatic rings. The summed E-state index contributed by atoms with van der Waals surface area (Å²) in [5.74, 6) is 1.29. The lowest BCUT2D eigenvalue weighted by Gasteiger charge is -2.32. The highest BCUT2D eigenvalue weighted by molar-refractivity contribution is 7.07. The SMILES string of the molecule is Cn1ncc2c1CN(Cc1ccsc1)C[C@H]2COCC1CC1. The summed E-state index contributed by atoms with van der Waals surface area (Å²) in [6, 6.07) is 2.22. The normalized spacial score (nSPS) is 22.0. The Hall–Kier alpha value is -1.17. The average molecular weight is 317 g/mol. The molecular weight excluding hydrogens is 294 g/mol. The first-order valence-corrected chi connectivity index (χ1v) is 9.06. The van der Waals surface area contributed by atoms with Crippen LogP contribution in [0.4, 0.5) is 0 Å². The minimum absolute atomic E-state index is 0.454. The zero-order chi connectivity index (χ0) is 14.9. The molecule has 0 N–H and O–H groups in total. The lowest BCUT2D eigenvalue weighted by Crippen LogP contribution is -2.35. The number of aromatic nitrogens is 2. The number of ether oxygens (including phenoxy) is 1. The number of aryl methyl sites for hydroxylation is 1. The summed E-state index contributed by atoms with van der Waals surface area (Å²) in [6.45, 7) is 4.85. The van der Waals surface area contributed by atoms with Gasteiger partial charge in [-0.2, -0.15) is 16.4 Å². The molecule has 5 heteroatoms. The lowest BCUT2D eigenvalue weighted by molar-refractivity contribution is 0.0885. The van der Waals surface area contributed by atoms with Gasteiger partial charge in [-0.3, -0.25) is 9.58 Å². The molecule has 0 radical (unpaired) electrons. The Morgan fingerprint density at radius 3 is 3.05 bits per heavy atom. The molecular formula is C17H23N3OS. The van der Waals surface area contributed by atoms with Crippen LogP contribution in [0.25, 0.3) is 0 Å². The van der Waals surface area contributed by atoms with Gasteiger partial charge in [0.1, 0.15) is 0 Å². The largest absolute Gasteiger partial charge is 0.380 e. The Kier molecular flexibility index (Phi) is 4.03. The summed E-state index contributed by atoms with van der Waals surface area (Å²) in [7, 11) is 2.05. The fourth-order valence-electron chi connectivity index (χ4n) is 3.27. The molecule has 2 aromatic rings. The van der Waals surface area contributed by atoms with Crippen molar-refractivity contribution in [2.45, 2.75) is 31.8 Å². The predicted octanol–water partition coefficient (Wildman–Crippen LogP) is 3.01.